The minimum Gasteiger partial charge on any atom is -0.472 e. The molecule has 0 unspecified atom stereocenters. The lowest BCUT2D eigenvalue weighted by Crippen LogP contribution is -2.37. The third-order valence-electron chi connectivity index (χ3n) is 2.77. The molecule has 2 rings (SSSR count). The van der Waals surface area contributed by atoms with E-state index in [-0.39, 0.29) is 17.3 Å². The van der Waals surface area contributed by atoms with Gasteiger partial charge in [0.05, 0.1) is 23.7 Å². The fourth-order valence-electron chi connectivity index (χ4n) is 1.61. The zero-order valence-corrected chi connectivity index (χ0v) is 11.9. The van der Waals surface area contributed by atoms with Gasteiger partial charge in [0.1, 0.15) is 5.82 Å². The number of carbonyl (C=O) groups excluding carboxylic acids is 2. The van der Waals surface area contributed by atoms with Gasteiger partial charge in [-0.3, -0.25) is 9.59 Å². The van der Waals surface area contributed by atoms with E-state index in [1.807, 2.05) is 0 Å². The summed E-state index contributed by atoms with van der Waals surface area (Å²) < 4.78 is 17.8. The number of halogens is 2. The van der Waals surface area contributed by atoms with Gasteiger partial charge in [0.15, 0.2) is 0 Å². The van der Waals surface area contributed by atoms with Crippen molar-refractivity contribution in [1.82, 2.24) is 5.32 Å². The van der Waals surface area contributed by atoms with Gasteiger partial charge in [-0.05, 0) is 24.3 Å². The van der Waals surface area contributed by atoms with E-state index >= 15 is 0 Å². The van der Waals surface area contributed by atoms with Gasteiger partial charge in [0, 0.05) is 17.8 Å². The van der Waals surface area contributed by atoms with Crippen molar-refractivity contribution < 1.29 is 23.5 Å². The number of furan rings is 1. The predicted octanol–water partition coefficient (Wildman–Crippen LogP) is 1.86. The number of hydrogen-bond acceptors (Lipinski definition) is 4. The highest BCUT2D eigenvalue weighted by Crippen LogP contribution is 2.19. The van der Waals surface area contributed by atoms with E-state index in [1.165, 1.54) is 30.7 Å². The lowest BCUT2D eigenvalue weighted by atomic mass is 10.2. The van der Waals surface area contributed by atoms with E-state index in [9.17, 15) is 19.1 Å². The molecule has 1 heterocycles. The van der Waals surface area contributed by atoms with Crippen molar-refractivity contribution in [2.45, 2.75) is 6.10 Å². The second-order valence-electron chi connectivity index (χ2n) is 4.37. The lowest BCUT2D eigenvalue weighted by Gasteiger charge is -2.10. The molecule has 0 saturated heterocycles. The van der Waals surface area contributed by atoms with Crippen LogP contribution < -0.4 is 10.6 Å². The first-order valence-electron chi connectivity index (χ1n) is 6.22. The summed E-state index contributed by atoms with van der Waals surface area (Å²) in [6.45, 7) is -0.157. The number of anilines is 1. The Bertz CT molecular complexity index is 675. The molecule has 2 amide bonds. The highest BCUT2D eigenvalue weighted by atomic mass is 35.5. The third-order valence-corrected chi connectivity index (χ3v) is 3.06. The van der Waals surface area contributed by atoms with Crippen molar-refractivity contribution in [2.24, 2.45) is 0 Å². The SMILES string of the molecule is O=C(NC[C@@H](O)c1ccoc1)C(=O)Nc1ccc(F)c(Cl)c1. The van der Waals surface area contributed by atoms with Crippen LogP contribution in [0.2, 0.25) is 5.02 Å². The van der Waals surface area contributed by atoms with Crippen LogP contribution in [0.15, 0.2) is 41.2 Å². The zero-order valence-electron chi connectivity index (χ0n) is 11.2. The van der Waals surface area contributed by atoms with Crippen molar-refractivity contribution in [3.05, 3.63) is 53.2 Å². The Balaban J connectivity index is 1.86. The summed E-state index contributed by atoms with van der Waals surface area (Å²) >= 11 is 5.57. The summed E-state index contributed by atoms with van der Waals surface area (Å²) in [6, 6.07) is 5.06. The Labute approximate surface area is 129 Å². The van der Waals surface area contributed by atoms with E-state index in [0.717, 1.165) is 6.07 Å². The molecular formula is C14H12ClFN2O4. The molecule has 6 nitrogen and oxygen atoms in total. The monoisotopic (exact) mass is 326 g/mol. The van der Waals surface area contributed by atoms with Crippen molar-refractivity contribution in [2.75, 3.05) is 11.9 Å². The molecule has 0 spiro atoms. The van der Waals surface area contributed by atoms with Crippen LogP contribution in [0, 0.1) is 5.82 Å². The van der Waals surface area contributed by atoms with Gasteiger partial charge in [-0.25, -0.2) is 4.39 Å². The van der Waals surface area contributed by atoms with Gasteiger partial charge < -0.3 is 20.2 Å². The fourth-order valence-corrected chi connectivity index (χ4v) is 1.79. The molecular weight excluding hydrogens is 315 g/mol. The van der Waals surface area contributed by atoms with E-state index in [4.69, 9.17) is 16.0 Å². The van der Waals surface area contributed by atoms with Crippen molar-refractivity contribution in [3.8, 4) is 0 Å². The topological polar surface area (TPSA) is 91.6 Å². The van der Waals surface area contributed by atoms with Gasteiger partial charge in [0.2, 0.25) is 0 Å². The van der Waals surface area contributed by atoms with E-state index in [1.54, 1.807) is 0 Å². The first kappa shape index (κ1) is 16.0. The van der Waals surface area contributed by atoms with Crippen molar-refractivity contribution in [3.63, 3.8) is 0 Å². The number of amides is 2. The molecule has 116 valence electrons. The zero-order chi connectivity index (χ0) is 16.1. The van der Waals surface area contributed by atoms with Gasteiger partial charge in [0.25, 0.3) is 0 Å². The average molecular weight is 327 g/mol. The number of hydrogen-bond donors (Lipinski definition) is 3. The predicted molar refractivity (Wildman–Crippen MR) is 76.7 cm³/mol. The molecule has 0 bridgehead atoms. The molecule has 8 heteroatoms. The molecule has 1 aromatic carbocycles. The van der Waals surface area contributed by atoms with Gasteiger partial charge in [-0.2, -0.15) is 0 Å². The Hall–Kier alpha value is -2.38. The molecule has 0 aliphatic carbocycles. The number of aliphatic hydroxyl groups excluding tert-OH is 1. The number of carbonyl (C=O) groups is 2. The third kappa shape index (κ3) is 4.06. The Morgan fingerprint density at radius 3 is 2.73 bits per heavy atom. The Morgan fingerprint density at radius 1 is 1.32 bits per heavy atom. The molecule has 2 aromatic rings. The summed E-state index contributed by atoms with van der Waals surface area (Å²) in [4.78, 5) is 23.3. The van der Waals surface area contributed by atoms with E-state index < -0.39 is 23.7 Å². The molecule has 0 fully saturated rings. The number of nitrogens with one attached hydrogen (secondary N) is 2. The smallest absolute Gasteiger partial charge is 0.313 e. The van der Waals surface area contributed by atoms with Crippen LogP contribution >= 0.6 is 11.6 Å². The van der Waals surface area contributed by atoms with E-state index in [0.29, 0.717) is 5.56 Å². The largest absolute Gasteiger partial charge is 0.472 e. The normalized spacial score (nSPS) is 11.8. The maximum atomic E-state index is 13.0. The summed E-state index contributed by atoms with van der Waals surface area (Å²) in [6.07, 6.45) is 1.72. The highest BCUT2D eigenvalue weighted by molar-refractivity contribution is 6.39. The highest BCUT2D eigenvalue weighted by Gasteiger charge is 2.16. The van der Waals surface area contributed by atoms with Crippen LogP contribution in [0.4, 0.5) is 10.1 Å². The van der Waals surface area contributed by atoms with Crippen LogP contribution in [-0.2, 0) is 9.59 Å². The first-order valence-corrected chi connectivity index (χ1v) is 6.59. The molecule has 0 aliphatic rings. The maximum absolute atomic E-state index is 13.0. The Kier molecular flexibility index (Phi) is 5.13. The summed E-state index contributed by atoms with van der Waals surface area (Å²) in [5.41, 5.74) is 0.660. The molecule has 0 aliphatic heterocycles. The van der Waals surface area contributed by atoms with Crippen LogP contribution in [0.3, 0.4) is 0 Å². The Morgan fingerprint density at radius 2 is 2.09 bits per heavy atom. The van der Waals surface area contributed by atoms with Gasteiger partial charge in [-0.1, -0.05) is 11.6 Å². The number of benzene rings is 1. The quantitative estimate of drug-likeness (QED) is 0.748. The second-order valence-corrected chi connectivity index (χ2v) is 4.77. The minimum absolute atomic E-state index is 0.157. The summed E-state index contributed by atoms with van der Waals surface area (Å²) in [5.74, 6) is -2.53. The first-order chi connectivity index (χ1) is 10.5. The molecule has 22 heavy (non-hydrogen) atoms. The second kappa shape index (κ2) is 7.06. The molecule has 3 N–H and O–H groups in total. The van der Waals surface area contributed by atoms with Crippen LogP contribution in [-0.4, -0.2) is 23.5 Å². The molecule has 0 radical (unpaired) electrons. The molecule has 1 aromatic heterocycles. The van der Waals surface area contributed by atoms with Crippen molar-refractivity contribution in [1.29, 1.82) is 0 Å². The molecule has 0 saturated carbocycles. The fraction of sp³-hybridized carbons (Fsp3) is 0.143. The van der Waals surface area contributed by atoms with Crippen LogP contribution in [0.1, 0.15) is 11.7 Å². The lowest BCUT2D eigenvalue weighted by molar-refractivity contribution is -0.136. The molecule has 1 atom stereocenters. The minimum atomic E-state index is -0.990. The van der Waals surface area contributed by atoms with Crippen LogP contribution in [0.25, 0.3) is 0 Å². The van der Waals surface area contributed by atoms with Crippen LogP contribution in [0.5, 0.6) is 0 Å². The maximum Gasteiger partial charge on any atom is 0.313 e. The average Bonchev–Trinajstić information content (AvgIpc) is 3.02. The van der Waals surface area contributed by atoms with E-state index in [2.05, 4.69) is 10.6 Å². The van der Waals surface area contributed by atoms with Gasteiger partial charge >= 0.3 is 11.8 Å². The summed E-state index contributed by atoms with van der Waals surface area (Å²) in [5, 5.41) is 14.1. The van der Waals surface area contributed by atoms with Crippen molar-refractivity contribution >= 4 is 29.1 Å². The standard InChI is InChI=1S/C14H12ClFN2O4/c15-10-5-9(1-2-11(10)16)18-14(21)13(20)17-6-12(19)8-3-4-22-7-8/h1-5,7,12,19H,6H2,(H,17,20)(H,18,21)/t12-/m1/s1. The number of aliphatic hydroxyl groups is 1. The van der Waals surface area contributed by atoms with Gasteiger partial charge in [-0.15, -0.1) is 0 Å². The summed E-state index contributed by atoms with van der Waals surface area (Å²) in [7, 11) is 0. The number of rotatable bonds is 4.